The summed E-state index contributed by atoms with van der Waals surface area (Å²) in [5.41, 5.74) is 1.24. The van der Waals surface area contributed by atoms with Gasteiger partial charge in [0, 0.05) is 38.1 Å². The van der Waals surface area contributed by atoms with Crippen LogP contribution in [0.2, 0.25) is 0 Å². The van der Waals surface area contributed by atoms with Gasteiger partial charge >= 0.3 is 0 Å². The normalized spacial score (nSPS) is 19.2. The van der Waals surface area contributed by atoms with Crippen LogP contribution in [0.1, 0.15) is 30.3 Å². The van der Waals surface area contributed by atoms with E-state index in [0.717, 1.165) is 26.1 Å². The van der Waals surface area contributed by atoms with Gasteiger partial charge in [0.15, 0.2) is 0 Å². The van der Waals surface area contributed by atoms with Crippen LogP contribution in [0, 0.1) is 6.92 Å². The van der Waals surface area contributed by atoms with Crippen LogP contribution in [0.15, 0.2) is 6.20 Å². The Hall–Kier alpha value is -0.830. The topological polar surface area (TPSA) is 27.1 Å². The Morgan fingerprint density at radius 2 is 2.15 bits per heavy atom. The molecule has 0 aromatic carbocycles. The van der Waals surface area contributed by atoms with Crippen molar-refractivity contribution in [2.75, 3.05) is 13.2 Å². The van der Waals surface area contributed by atoms with Crippen LogP contribution in [0.4, 0.5) is 0 Å². The minimum atomic E-state index is 0.604. The fraction of sp³-hybridized carbons (Fsp3) is 0.700. The van der Waals surface area contributed by atoms with Crippen LogP contribution in [0.25, 0.3) is 0 Å². The maximum atomic E-state index is 5.33. The quantitative estimate of drug-likeness (QED) is 0.656. The SMILES string of the molecule is Cc1cnc(C2CCOCC2)n1C. The summed E-state index contributed by atoms with van der Waals surface area (Å²) in [6, 6.07) is 0. The highest BCUT2D eigenvalue weighted by Gasteiger charge is 2.19. The van der Waals surface area contributed by atoms with Crippen molar-refractivity contribution >= 4 is 0 Å². The van der Waals surface area contributed by atoms with Crippen molar-refractivity contribution in [2.45, 2.75) is 25.7 Å². The van der Waals surface area contributed by atoms with Gasteiger partial charge in [-0.05, 0) is 19.8 Å². The van der Waals surface area contributed by atoms with Gasteiger partial charge in [0.25, 0.3) is 0 Å². The molecule has 3 nitrogen and oxygen atoms in total. The third-order valence-corrected chi connectivity index (χ3v) is 2.84. The summed E-state index contributed by atoms with van der Waals surface area (Å²) in [5.74, 6) is 1.83. The lowest BCUT2D eigenvalue weighted by molar-refractivity contribution is 0.0830. The lowest BCUT2D eigenvalue weighted by atomic mass is 9.99. The van der Waals surface area contributed by atoms with E-state index in [0.29, 0.717) is 5.92 Å². The summed E-state index contributed by atoms with van der Waals surface area (Å²) in [5, 5.41) is 0. The molecule has 0 N–H and O–H groups in total. The molecule has 3 heteroatoms. The average Bonchev–Trinajstić information content (AvgIpc) is 2.49. The average molecular weight is 180 g/mol. The Morgan fingerprint density at radius 1 is 1.46 bits per heavy atom. The molecule has 0 bridgehead atoms. The van der Waals surface area contributed by atoms with Crippen LogP contribution in [0.5, 0.6) is 0 Å². The zero-order valence-electron chi connectivity index (χ0n) is 8.29. The lowest BCUT2D eigenvalue weighted by Crippen LogP contribution is -2.17. The number of hydrogen-bond donors (Lipinski definition) is 0. The molecule has 13 heavy (non-hydrogen) atoms. The van der Waals surface area contributed by atoms with E-state index in [-0.39, 0.29) is 0 Å². The Bertz CT molecular complexity index is 287. The number of imidazole rings is 1. The van der Waals surface area contributed by atoms with Crippen molar-refractivity contribution in [3.8, 4) is 0 Å². The van der Waals surface area contributed by atoms with Crippen LogP contribution in [-0.4, -0.2) is 22.8 Å². The maximum absolute atomic E-state index is 5.33. The predicted octanol–water partition coefficient (Wildman–Crippen LogP) is 1.62. The molecule has 0 unspecified atom stereocenters. The summed E-state index contributed by atoms with van der Waals surface area (Å²) in [7, 11) is 2.09. The first-order valence-corrected chi connectivity index (χ1v) is 4.85. The monoisotopic (exact) mass is 180 g/mol. The van der Waals surface area contributed by atoms with Gasteiger partial charge in [0.1, 0.15) is 5.82 Å². The van der Waals surface area contributed by atoms with Gasteiger partial charge in [-0.2, -0.15) is 0 Å². The molecule has 0 aliphatic carbocycles. The number of aromatic nitrogens is 2. The van der Waals surface area contributed by atoms with Gasteiger partial charge in [-0.1, -0.05) is 0 Å². The number of hydrogen-bond acceptors (Lipinski definition) is 2. The smallest absolute Gasteiger partial charge is 0.111 e. The maximum Gasteiger partial charge on any atom is 0.111 e. The first-order chi connectivity index (χ1) is 6.29. The van der Waals surface area contributed by atoms with Gasteiger partial charge in [-0.3, -0.25) is 0 Å². The van der Waals surface area contributed by atoms with E-state index in [9.17, 15) is 0 Å². The number of ether oxygens (including phenoxy) is 1. The van der Waals surface area contributed by atoms with Crippen molar-refractivity contribution in [1.29, 1.82) is 0 Å². The summed E-state index contributed by atoms with van der Waals surface area (Å²) in [6.45, 7) is 3.86. The summed E-state index contributed by atoms with van der Waals surface area (Å²) in [6.07, 6.45) is 4.18. The van der Waals surface area contributed by atoms with Crippen LogP contribution >= 0.6 is 0 Å². The van der Waals surface area contributed by atoms with Gasteiger partial charge in [0.2, 0.25) is 0 Å². The standard InChI is InChI=1S/C10H16N2O/c1-8-7-11-10(12(8)2)9-3-5-13-6-4-9/h7,9H,3-6H2,1-2H3. The minimum absolute atomic E-state index is 0.604. The first kappa shape index (κ1) is 8.75. The van der Waals surface area contributed by atoms with Gasteiger partial charge < -0.3 is 9.30 Å². The molecule has 0 atom stereocenters. The number of rotatable bonds is 1. The second-order valence-electron chi connectivity index (χ2n) is 3.70. The molecular formula is C10H16N2O. The molecule has 1 fully saturated rings. The molecule has 2 heterocycles. The van der Waals surface area contributed by atoms with Crippen molar-refractivity contribution in [3.05, 3.63) is 17.7 Å². The van der Waals surface area contributed by atoms with Crippen molar-refractivity contribution < 1.29 is 4.74 Å². The third kappa shape index (κ3) is 1.61. The van der Waals surface area contributed by atoms with E-state index in [1.54, 1.807) is 0 Å². The van der Waals surface area contributed by atoms with E-state index < -0.39 is 0 Å². The van der Waals surface area contributed by atoms with Gasteiger partial charge in [0.05, 0.1) is 0 Å². The van der Waals surface area contributed by atoms with Gasteiger partial charge in [-0.15, -0.1) is 0 Å². The Balaban J connectivity index is 2.18. The molecule has 0 amide bonds. The summed E-state index contributed by atoms with van der Waals surface area (Å²) >= 11 is 0. The van der Waals surface area contributed by atoms with Gasteiger partial charge in [-0.25, -0.2) is 4.98 Å². The zero-order valence-corrected chi connectivity index (χ0v) is 8.29. The lowest BCUT2D eigenvalue weighted by Gasteiger charge is -2.21. The highest BCUT2D eigenvalue weighted by atomic mass is 16.5. The molecule has 1 aliphatic rings. The van der Waals surface area contributed by atoms with Crippen molar-refractivity contribution in [3.63, 3.8) is 0 Å². The van der Waals surface area contributed by atoms with E-state index >= 15 is 0 Å². The zero-order chi connectivity index (χ0) is 9.26. The van der Waals surface area contributed by atoms with E-state index in [1.165, 1.54) is 11.5 Å². The minimum Gasteiger partial charge on any atom is -0.381 e. The molecular weight excluding hydrogens is 164 g/mol. The number of aryl methyl sites for hydroxylation is 1. The predicted molar refractivity (Wildman–Crippen MR) is 50.7 cm³/mol. The highest BCUT2D eigenvalue weighted by Crippen LogP contribution is 2.25. The molecule has 1 aliphatic heterocycles. The largest absolute Gasteiger partial charge is 0.381 e. The molecule has 1 aromatic rings. The fourth-order valence-electron chi connectivity index (χ4n) is 1.85. The first-order valence-electron chi connectivity index (χ1n) is 4.85. The molecule has 2 rings (SSSR count). The second kappa shape index (κ2) is 3.50. The second-order valence-corrected chi connectivity index (χ2v) is 3.70. The molecule has 0 saturated carbocycles. The summed E-state index contributed by atoms with van der Waals surface area (Å²) in [4.78, 5) is 4.45. The Labute approximate surface area is 78.7 Å². The van der Waals surface area contributed by atoms with Crippen molar-refractivity contribution in [1.82, 2.24) is 9.55 Å². The molecule has 1 aromatic heterocycles. The summed E-state index contributed by atoms with van der Waals surface area (Å²) < 4.78 is 7.52. The van der Waals surface area contributed by atoms with E-state index in [1.807, 2.05) is 6.20 Å². The van der Waals surface area contributed by atoms with E-state index in [4.69, 9.17) is 4.74 Å². The van der Waals surface area contributed by atoms with Crippen LogP contribution < -0.4 is 0 Å². The fourth-order valence-corrected chi connectivity index (χ4v) is 1.85. The Morgan fingerprint density at radius 3 is 2.69 bits per heavy atom. The van der Waals surface area contributed by atoms with E-state index in [2.05, 4.69) is 23.5 Å². The molecule has 72 valence electrons. The molecule has 0 radical (unpaired) electrons. The van der Waals surface area contributed by atoms with Crippen molar-refractivity contribution in [2.24, 2.45) is 7.05 Å². The highest BCUT2D eigenvalue weighted by molar-refractivity contribution is 5.07. The number of nitrogens with zero attached hydrogens (tertiary/aromatic N) is 2. The Kier molecular flexibility index (Phi) is 2.36. The van der Waals surface area contributed by atoms with Crippen LogP contribution in [0.3, 0.4) is 0 Å². The van der Waals surface area contributed by atoms with Crippen LogP contribution in [-0.2, 0) is 11.8 Å². The third-order valence-electron chi connectivity index (χ3n) is 2.84. The molecule has 1 saturated heterocycles. The molecule has 0 spiro atoms.